The number of ether oxygens (including phenoxy) is 1. The Bertz CT molecular complexity index is 677. The van der Waals surface area contributed by atoms with Crippen LogP contribution in [-0.4, -0.2) is 29.7 Å². The van der Waals surface area contributed by atoms with E-state index in [4.69, 9.17) is 4.74 Å². The Morgan fingerprint density at radius 1 is 1.33 bits per heavy atom. The number of aromatic nitrogens is 1. The Kier molecular flexibility index (Phi) is 4.61. The minimum Gasteiger partial charge on any atom is -0.508 e. The molecule has 2 aromatic rings. The Balaban J connectivity index is 1.91. The van der Waals surface area contributed by atoms with Gasteiger partial charge in [-0.25, -0.2) is 0 Å². The lowest BCUT2D eigenvalue weighted by atomic mass is 10.1. The quantitative estimate of drug-likeness (QED) is 0.767. The number of hydrogen-bond donors (Lipinski definition) is 3. The van der Waals surface area contributed by atoms with Crippen molar-refractivity contribution in [2.45, 2.75) is 6.42 Å². The molecule has 1 amide bonds. The molecule has 0 fully saturated rings. The van der Waals surface area contributed by atoms with Gasteiger partial charge in [0.2, 0.25) is 5.43 Å². The molecule has 1 heterocycles. The largest absolute Gasteiger partial charge is 0.508 e. The van der Waals surface area contributed by atoms with Crippen LogP contribution in [0.15, 0.2) is 41.3 Å². The zero-order valence-corrected chi connectivity index (χ0v) is 11.6. The minimum atomic E-state index is -0.353. The normalized spacial score (nSPS) is 10.1. The number of H-pyrrole nitrogens is 1. The summed E-state index contributed by atoms with van der Waals surface area (Å²) in [4.78, 5) is 26.1. The summed E-state index contributed by atoms with van der Waals surface area (Å²) >= 11 is 0. The zero-order chi connectivity index (χ0) is 15.2. The predicted octanol–water partition coefficient (Wildman–Crippen LogP) is 1.06. The van der Waals surface area contributed by atoms with Crippen molar-refractivity contribution in [3.63, 3.8) is 0 Å². The third kappa shape index (κ3) is 3.85. The van der Waals surface area contributed by atoms with Crippen molar-refractivity contribution in [2.75, 3.05) is 13.7 Å². The van der Waals surface area contributed by atoms with Gasteiger partial charge in [0.25, 0.3) is 5.91 Å². The fraction of sp³-hybridized carbons (Fsp3) is 0.200. The fourth-order valence-electron chi connectivity index (χ4n) is 1.83. The summed E-state index contributed by atoms with van der Waals surface area (Å²) in [5.41, 5.74) is 0.836. The maximum Gasteiger partial charge on any atom is 0.267 e. The molecule has 110 valence electrons. The van der Waals surface area contributed by atoms with Crippen LogP contribution >= 0.6 is 0 Å². The second kappa shape index (κ2) is 6.60. The maximum atomic E-state index is 11.9. The third-order valence-electron chi connectivity index (χ3n) is 2.98. The average molecular weight is 288 g/mol. The lowest BCUT2D eigenvalue weighted by molar-refractivity contribution is 0.0949. The van der Waals surface area contributed by atoms with E-state index in [1.807, 2.05) is 0 Å². The number of benzene rings is 1. The van der Waals surface area contributed by atoms with E-state index < -0.39 is 0 Å². The molecule has 0 atom stereocenters. The van der Waals surface area contributed by atoms with Crippen LogP contribution in [0.3, 0.4) is 0 Å². The number of carbonyl (C=O) groups excluding carboxylic acids is 1. The second-order valence-corrected chi connectivity index (χ2v) is 4.45. The number of rotatable bonds is 5. The first-order chi connectivity index (χ1) is 10.1. The summed E-state index contributed by atoms with van der Waals surface area (Å²) in [6.45, 7) is 0.428. The fourth-order valence-corrected chi connectivity index (χ4v) is 1.83. The van der Waals surface area contributed by atoms with E-state index in [0.29, 0.717) is 13.0 Å². The summed E-state index contributed by atoms with van der Waals surface area (Å²) < 4.78 is 4.83. The van der Waals surface area contributed by atoms with Crippen LogP contribution in [0, 0.1) is 0 Å². The van der Waals surface area contributed by atoms with Crippen LogP contribution in [0.4, 0.5) is 0 Å². The summed E-state index contributed by atoms with van der Waals surface area (Å²) in [6, 6.07) is 7.97. The molecule has 0 aliphatic rings. The number of methoxy groups -OCH3 is 1. The number of carbonyl (C=O) groups is 1. The first-order valence-corrected chi connectivity index (χ1v) is 6.43. The lowest BCUT2D eigenvalue weighted by Crippen LogP contribution is -2.27. The van der Waals surface area contributed by atoms with Gasteiger partial charge in [-0.1, -0.05) is 12.1 Å². The van der Waals surface area contributed by atoms with E-state index in [0.717, 1.165) is 5.56 Å². The average Bonchev–Trinajstić information content (AvgIpc) is 2.49. The minimum absolute atomic E-state index is 0.163. The van der Waals surface area contributed by atoms with Crippen molar-refractivity contribution in [1.82, 2.24) is 10.3 Å². The van der Waals surface area contributed by atoms with Crippen LogP contribution < -0.4 is 15.5 Å². The molecule has 0 aliphatic heterocycles. The molecule has 0 unspecified atom stereocenters. The summed E-state index contributed by atoms with van der Waals surface area (Å²) in [6.07, 6.45) is 1.99. The Morgan fingerprint density at radius 3 is 2.67 bits per heavy atom. The molecule has 0 saturated heterocycles. The smallest absolute Gasteiger partial charge is 0.267 e. The number of hydrogen-bond acceptors (Lipinski definition) is 4. The van der Waals surface area contributed by atoms with Gasteiger partial charge in [0, 0.05) is 18.8 Å². The van der Waals surface area contributed by atoms with Crippen LogP contribution in [0.1, 0.15) is 16.1 Å². The molecule has 0 spiro atoms. The highest BCUT2D eigenvalue weighted by Gasteiger charge is 2.08. The Hall–Kier alpha value is -2.76. The molecular weight excluding hydrogens is 272 g/mol. The third-order valence-corrected chi connectivity index (χ3v) is 2.98. The number of phenols is 1. The predicted molar refractivity (Wildman–Crippen MR) is 77.8 cm³/mol. The first kappa shape index (κ1) is 14.6. The molecule has 3 N–H and O–H groups in total. The number of amides is 1. The van der Waals surface area contributed by atoms with E-state index in [1.165, 1.54) is 19.4 Å². The van der Waals surface area contributed by atoms with Gasteiger partial charge in [-0.05, 0) is 24.1 Å². The molecule has 0 saturated carbocycles. The van der Waals surface area contributed by atoms with Gasteiger partial charge in [-0.2, -0.15) is 0 Å². The zero-order valence-electron chi connectivity index (χ0n) is 11.6. The molecule has 6 heteroatoms. The number of nitrogens with one attached hydrogen (secondary N) is 2. The van der Waals surface area contributed by atoms with Crippen molar-refractivity contribution < 1.29 is 14.6 Å². The van der Waals surface area contributed by atoms with Gasteiger partial charge in [0.05, 0.1) is 7.11 Å². The van der Waals surface area contributed by atoms with Crippen LogP contribution in [0.25, 0.3) is 0 Å². The number of phenolic OH excluding ortho intramolecular Hbond substituents is 1. The SMILES string of the molecule is COc1c[nH]c(C(=O)NCCc2ccc(O)cc2)cc1=O. The van der Waals surface area contributed by atoms with Crippen LogP contribution in [0.5, 0.6) is 11.5 Å². The molecule has 6 nitrogen and oxygen atoms in total. The monoisotopic (exact) mass is 288 g/mol. The summed E-state index contributed by atoms with van der Waals surface area (Å²) in [5.74, 6) is 0.0165. The van der Waals surface area contributed by atoms with Crippen molar-refractivity contribution in [1.29, 1.82) is 0 Å². The highest BCUT2D eigenvalue weighted by molar-refractivity contribution is 5.92. The van der Waals surface area contributed by atoms with Crippen molar-refractivity contribution in [3.8, 4) is 11.5 Å². The molecule has 0 aliphatic carbocycles. The van der Waals surface area contributed by atoms with E-state index in [-0.39, 0.29) is 28.5 Å². The molecule has 1 aromatic heterocycles. The molecule has 2 rings (SSSR count). The second-order valence-electron chi connectivity index (χ2n) is 4.45. The molecule has 1 aromatic carbocycles. The topological polar surface area (TPSA) is 91.4 Å². The van der Waals surface area contributed by atoms with E-state index in [2.05, 4.69) is 10.3 Å². The first-order valence-electron chi connectivity index (χ1n) is 6.43. The molecule has 0 radical (unpaired) electrons. The van der Waals surface area contributed by atoms with Gasteiger partial charge in [-0.3, -0.25) is 9.59 Å². The highest BCUT2D eigenvalue weighted by atomic mass is 16.5. The molecule has 21 heavy (non-hydrogen) atoms. The summed E-state index contributed by atoms with van der Waals surface area (Å²) in [5, 5.41) is 11.9. The lowest BCUT2D eigenvalue weighted by Gasteiger charge is -2.06. The van der Waals surface area contributed by atoms with Gasteiger partial charge in [0.15, 0.2) is 5.75 Å². The van der Waals surface area contributed by atoms with Crippen molar-refractivity contribution in [2.24, 2.45) is 0 Å². The maximum absolute atomic E-state index is 11.9. The van der Waals surface area contributed by atoms with Gasteiger partial charge < -0.3 is 20.1 Å². The van der Waals surface area contributed by atoms with Gasteiger partial charge in [-0.15, -0.1) is 0 Å². The van der Waals surface area contributed by atoms with Gasteiger partial charge >= 0.3 is 0 Å². The summed E-state index contributed by atoms with van der Waals surface area (Å²) in [7, 11) is 1.39. The van der Waals surface area contributed by atoms with Crippen LogP contribution in [-0.2, 0) is 6.42 Å². The Morgan fingerprint density at radius 2 is 2.05 bits per heavy atom. The number of aromatic amines is 1. The highest BCUT2D eigenvalue weighted by Crippen LogP contribution is 2.09. The van der Waals surface area contributed by atoms with E-state index in [9.17, 15) is 14.7 Å². The van der Waals surface area contributed by atoms with Gasteiger partial charge in [0.1, 0.15) is 11.4 Å². The van der Waals surface area contributed by atoms with Crippen molar-refractivity contribution in [3.05, 3.63) is 58.0 Å². The van der Waals surface area contributed by atoms with Crippen LogP contribution in [0.2, 0.25) is 0 Å². The molecular formula is C15H16N2O4. The number of aromatic hydroxyl groups is 1. The Labute approximate surface area is 121 Å². The standard InChI is InChI=1S/C15H16N2O4/c1-21-14-9-17-12(8-13(14)19)15(20)16-7-6-10-2-4-11(18)5-3-10/h2-5,8-9,18H,6-7H2,1H3,(H,16,20)(H,17,19). The number of pyridine rings is 1. The van der Waals surface area contributed by atoms with E-state index >= 15 is 0 Å². The molecule has 0 bridgehead atoms. The van der Waals surface area contributed by atoms with E-state index in [1.54, 1.807) is 24.3 Å². The van der Waals surface area contributed by atoms with Crippen molar-refractivity contribution >= 4 is 5.91 Å².